The van der Waals surface area contributed by atoms with Crippen LogP contribution in [0.3, 0.4) is 0 Å². The van der Waals surface area contributed by atoms with Gasteiger partial charge in [-0.25, -0.2) is 0 Å². The highest BCUT2D eigenvalue weighted by Gasteiger charge is 2.25. The SMILES string of the molecule is CC(C=NNc1ccc([N+](=O)[O-])cc1[N+](=O)[O-])(CCC#N)c1ccccc1. The number of nitro benzene ring substituents is 2. The Kier molecular flexibility index (Phi) is 6.17. The minimum absolute atomic E-state index is 0.0394. The first-order valence-corrected chi connectivity index (χ1v) is 8.03. The molecule has 0 saturated heterocycles. The van der Waals surface area contributed by atoms with Crippen LogP contribution in [0.2, 0.25) is 0 Å². The third-order valence-corrected chi connectivity index (χ3v) is 4.11. The molecule has 2 aromatic carbocycles. The van der Waals surface area contributed by atoms with Gasteiger partial charge >= 0.3 is 5.69 Å². The number of rotatable bonds is 8. The molecular weight excluding hydrogens is 350 g/mol. The number of hydrogen-bond donors (Lipinski definition) is 1. The molecule has 0 aromatic heterocycles. The van der Waals surface area contributed by atoms with E-state index in [9.17, 15) is 20.2 Å². The van der Waals surface area contributed by atoms with Crippen LogP contribution in [-0.2, 0) is 5.41 Å². The summed E-state index contributed by atoms with van der Waals surface area (Å²) in [5, 5.41) is 35.0. The van der Waals surface area contributed by atoms with Crippen molar-refractivity contribution in [3.63, 3.8) is 0 Å². The molecule has 0 amide bonds. The van der Waals surface area contributed by atoms with Crippen LogP contribution in [0, 0.1) is 31.6 Å². The van der Waals surface area contributed by atoms with Crippen LogP contribution in [-0.4, -0.2) is 16.1 Å². The number of benzene rings is 2. The van der Waals surface area contributed by atoms with E-state index in [0.717, 1.165) is 17.7 Å². The van der Waals surface area contributed by atoms with Crippen molar-refractivity contribution in [3.05, 3.63) is 74.3 Å². The van der Waals surface area contributed by atoms with E-state index in [4.69, 9.17) is 5.26 Å². The Labute approximate surface area is 155 Å². The molecule has 9 nitrogen and oxygen atoms in total. The minimum atomic E-state index is -0.711. The third-order valence-electron chi connectivity index (χ3n) is 4.11. The molecule has 0 heterocycles. The molecule has 1 unspecified atom stereocenters. The number of nitro groups is 2. The molecule has 0 aliphatic rings. The standard InChI is InChI=1S/C18H17N5O4/c1-18(10-5-11-19,14-6-3-2-4-7-14)13-20-21-16-9-8-15(22(24)25)12-17(16)23(26)27/h2-4,6-9,12-13,21H,5,10H2,1H3. The molecular formula is C18H17N5O4. The highest BCUT2D eigenvalue weighted by Crippen LogP contribution is 2.30. The Morgan fingerprint density at radius 1 is 1.19 bits per heavy atom. The number of hydrogen-bond acceptors (Lipinski definition) is 7. The molecule has 138 valence electrons. The van der Waals surface area contributed by atoms with Crippen LogP contribution in [0.15, 0.2) is 53.6 Å². The molecule has 0 aliphatic heterocycles. The van der Waals surface area contributed by atoms with Gasteiger partial charge in [0.25, 0.3) is 5.69 Å². The topological polar surface area (TPSA) is 134 Å². The largest absolute Gasteiger partial charge is 0.301 e. The lowest BCUT2D eigenvalue weighted by molar-refractivity contribution is -0.393. The monoisotopic (exact) mass is 367 g/mol. The van der Waals surface area contributed by atoms with Crippen molar-refractivity contribution in [3.8, 4) is 6.07 Å². The lowest BCUT2D eigenvalue weighted by Crippen LogP contribution is -2.24. The number of nitrogens with one attached hydrogen (secondary N) is 1. The van der Waals surface area contributed by atoms with Gasteiger partial charge in [0.15, 0.2) is 0 Å². The van der Waals surface area contributed by atoms with Crippen molar-refractivity contribution in [1.29, 1.82) is 5.26 Å². The van der Waals surface area contributed by atoms with E-state index in [1.54, 1.807) is 6.21 Å². The van der Waals surface area contributed by atoms with Crippen LogP contribution in [0.4, 0.5) is 17.1 Å². The van der Waals surface area contributed by atoms with Crippen LogP contribution < -0.4 is 5.43 Å². The molecule has 1 atom stereocenters. The summed E-state index contributed by atoms with van der Waals surface area (Å²) in [5.74, 6) is 0. The zero-order valence-corrected chi connectivity index (χ0v) is 14.5. The van der Waals surface area contributed by atoms with E-state index in [2.05, 4.69) is 16.6 Å². The first-order chi connectivity index (χ1) is 12.9. The summed E-state index contributed by atoms with van der Waals surface area (Å²) in [4.78, 5) is 20.6. The summed E-state index contributed by atoms with van der Waals surface area (Å²) >= 11 is 0. The van der Waals surface area contributed by atoms with Crippen molar-refractivity contribution < 1.29 is 9.85 Å². The highest BCUT2D eigenvalue weighted by molar-refractivity contribution is 5.75. The lowest BCUT2D eigenvalue weighted by Gasteiger charge is -2.24. The van der Waals surface area contributed by atoms with Gasteiger partial charge in [0.05, 0.1) is 22.0 Å². The normalized spacial score (nSPS) is 12.9. The fourth-order valence-corrected chi connectivity index (χ4v) is 2.54. The number of hydrazone groups is 1. The molecule has 1 N–H and O–H groups in total. The zero-order chi connectivity index (χ0) is 19.9. The maximum atomic E-state index is 11.2. The van der Waals surface area contributed by atoms with E-state index in [-0.39, 0.29) is 11.4 Å². The zero-order valence-electron chi connectivity index (χ0n) is 14.5. The molecule has 0 radical (unpaired) electrons. The van der Waals surface area contributed by atoms with Gasteiger partial charge in [-0.2, -0.15) is 10.4 Å². The molecule has 0 bridgehead atoms. The summed E-state index contributed by atoms with van der Waals surface area (Å²) < 4.78 is 0. The molecule has 2 rings (SSSR count). The van der Waals surface area contributed by atoms with E-state index < -0.39 is 20.9 Å². The Hall–Kier alpha value is -3.80. The van der Waals surface area contributed by atoms with Crippen molar-refractivity contribution in [2.45, 2.75) is 25.2 Å². The maximum absolute atomic E-state index is 11.2. The van der Waals surface area contributed by atoms with Crippen LogP contribution >= 0.6 is 0 Å². The van der Waals surface area contributed by atoms with Gasteiger partial charge in [-0.15, -0.1) is 0 Å². The Bertz CT molecular complexity index is 908. The predicted molar refractivity (Wildman–Crippen MR) is 101 cm³/mol. The third kappa shape index (κ3) is 4.85. The van der Waals surface area contributed by atoms with Gasteiger partial charge in [-0.3, -0.25) is 25.7 Å². The quantitative estimate of drug-likeness (QED) is 0.423. The van der Waals surface area contributed by atoms with Crippen LogP contribution in [0.25, 0.3) is 0 Å². The number of nitriles is 1. The van der Waals surface area contributed by atoms with Gasteiger partial charge in [-0.1, -0.05) is 37.3 Å². The van der Waals surface area contributed by atoms with Crippen molar-refractivity contribution in [1.82, 2.24) is 0 Å². The van der Waals surface area contributed by atoms with Gasteiger partial charge in [0, 0.05) is 24.1 Å². The van der Waals surface area contributed by atoms with Crippen LogP contribution in [0.1, 0.15) is 25.3 Å². The van der Waals surface area contributed by atoms with E-state index in [1.165, 1.54) is 6.07 Å². The average Bonchev–Trinajstić information content (AvgIpc) is 2.67. The molecule has 27 heavy (non-hydrogen) atoms. The predicted octanol–water partition coefficient (Wildman–Crippen LogP) is 4.16. The molecule has 0 spiro atoms. The second kappa shape index (κ2) is 8.53. The Balaban J connectivity index is 2.29. The van der Waals surface area contributed by atoms with Crippen LogP contribution in [0.5, 0.6) is 0 Å². The van der Waals surface area contributed by atoms with Gasteiger partial charge in [-0.05, 0) is 18.1 Å². The van der Waals surface area contributed by atoms with Crippen molar-refractivity contribution in [2.24, 2.45) is 5.10 Å². The summed E-state index contributed by atoms with van der Waals surface area (Å²) in [5.41, 5.74) is 2.20. The molecule has 0 saturated carbocycles. The van der Waals surface area contributed by atoms with Gasteiger partial charge in [0.1, 0.15) is 5.69 Å². The van der Waals surface area contributed by atoms with Crippen molar-refractivity contribution >= 4 is 23.3 Å². The Morgan fingerprint density at radius 3 is 2.48 bits per heavy atom. The van der Waals surface area contributed by atoms with E-state index in [1.807, 2.05) is 37.3 Å². The van der Waals surface area contributed by atoms with Gasteiger partial charge < -0.3 is 0 Å². The smallest absolute Gasteiger partial charge is 0.272 e. The van der Waals surface area contributed by atoms with Gasteiger partial charge in [0.2, 0.25) is 0 Å². The van der Waals surface area contributed by atoms with E-state index >= 15 is 0 Å². The second-order valence-corrected chi connectivity index (χ2v) is 6.03. The molecule has 0 aliphatic carbocycles. The van der Waals surface area contributed by atoms with Crippen molar-refractivity contribution in [2.75, 3.05) is 5.43 Å². The maximum Gasteiger partial charge on any atom is 0.301 e. The number of non-ortho nitro benzene ring substituents is 1. The fourth-order valence-electron chi connectivity index (χ4n) is 2.54. The first-order valence-electron chi connectivity index (χ1n) is 8.03. The summed E-state index contributed by atoms with van der Waals surface area (Å²) in [6.45, 7) is 1.91. The number of anilines is 1. The summed E-state index contributed by atoms with van der Waals surface area (Å²) in [6.07, 6.45) is 2.42. The summed E-state index contributed by atoms with van der Waals surface area (Å²) in [6, 6.07) is 14.9. The fraction of sp³-hybridized carbons (Fsp3) is 0.222. The van der Waals surface area contributed by atoms with E-state index in [0.29, 0.717) is 12.8 Å². The lowest BCUT2D eigenvalue weighted by atomic mass is 9.80. The second-order valence-electron chi connectivity index (χ2n) is 6.03. The minimum Gasteiger partial charge on any atom is -0.272 e. The molecule has 0 fully saturated rings. The molecule has 9 heteroatoms. The average molecular weight is 367 g/mol. The first kappa shape index (κ1) is 19.5. The summed E-state index contributed by atoms with van der Waals surface area (Å²) in [7, 11) is 0. The Morgan fingerprint density at radius 2 is 1.89 bits per heavy atom. The molecule has 2 aromatic rings. The number of nitrogens with zero attached hydrogens (tertiary/aromatic N) is 4. The highest BCUT2D eigenvalue weighted by atomic mass is 16.6.